The Kier molecular flexibility index (Phi) is 5.20. The Labute approximate surface area is 138 Å². The van der Waals surface area contributed by atoms with Crippen LogP contribution in [0.3, 0.4) is 0 Å². The summed E-state index contributed by atoms with van der Waals surface area (Å²) in [6.45, 7) is 7.81. The van der Waals surface area contributed by atoms with Crippen molar-refractivity contribution < 1.29 is 9.53 Å². The molecule has 0 saturated heterocycles. The molecule has 0 atom stereocenters. The number of hydrogen-bond acceptors (Lipinski definition) is 5. The number of carbonyl (C=O) groups is 1. The number of aryl methyl sites for hydroxylation is 1. The third-order valence-electron chi connectivity index (χ3n) is 2.91. The number of aromatic nitrogens is 2. The van der Waals surface area contributed by atoms with Crippen molar-refractivity contribution in [2.24, 2.45) is 0 Å². The highest BCUT2D eigenvalue weighted by Gasteiger charge is 2.16. The molecule has 0 aliphatic carbocycles. The van der Waals surface area contributed by atoms with Crippen LogP contribution in [0.5, 0.6) is 0 Å². The Morgan fingerprint density at radius 3 is 2.74 bits per heavy atom. The van der Waals surface area contributed by atoms with Gasteiger partial charge in [0.25, 0.3) is 5.56 Å². The normalized spacial score (nSPS) is 11.3. The minimum Gasteiger partial charge on any atom is -0.444 e. The average Bonchev–Trinajstić information content (AvgIpc) is 2.83. The van der Waals surface area contributed by atoms with E-state index in [-0.39, 0.29) is 5.56 Å². The number of H-pyrrole nitrogens is 1. The van der Waals surface area contributed by atoms with Crippen molar-refractivity contribution in [1.82, 2.24) is 15.5 Å². The predicted octanol–water partition coefficient (Wildman–Crippen LogP) is 2.87. The Hall–Kier alpha value is -2.15. The molecule has 0 aliphatic rings. The van der Waals surface area contributed by atoms with E-state index in [2.05, 4.69) is 15.5 Å². The Morgan fingerprint density at radius 1 is 1.39 bits per heavy atom. The van der Waals surface area contributed by atoms with Gasteiger partial charge in [-0.2, -0.15) is 5.10 Å². The first-order valence-electron chi connectivity index (χ1n) is 7.35. The van der Waals surface area contributed by atoms with Crippen LogP contribution >= 0.6 is 11.3 Å². The first kappa shape index (κ1) is 17.2. The molecule has 6 nitrogen and oxygen atoms in total. The SMILES string of the molecule is Cc1csc(-c2n[nH]c(=O)cc2CCNC(=O)OC(C)(C)C)c1. The zero-order chi connectivity index (χ0) is 17.0. The number of aromatic amines is 1. The van der Waals surface area contributed by atoms with Gasteiger partial charge in [-0.25, -0.2) is 9.89 Å². The van der Waals surface area contributed by atoms with Crippen LogP contribution in [-0.4, -0.2) is 28.4 Å². The smallest absolute Gasteiger partial charge is 0.407 e. The van der Waals surface area contributed by atoms with Gasteiger partial charge >= 0.3 is 6.09 Å². The minimum absolute atomic E-state index is 0.255. The lowest BCUT2D eigenvalue weighted by Gasteiger charge is -2.19. The molecule has 0 aliphatic heterocycles. The highest BCUT2D eigenvalue weighted by molar-refractivity contribution is 7.13. The summed E-state index contributed by atoms with van der Waals surface area (Å²) in [6, 6.07) is 3.55. The lowest BCUT2D eigenvalue weighted by atomic mass is 10.1. The summed E-state index contributed by atoms with van der Waals surface area (Å²) in [4.78, 5) is 24.2. The van der Waals surface area contributed by atoms with Gasteiger partial charge in [0, 0.05) is 12.6 Å². The van der Waals surface area contributed by atoms with Crippen LogP contribution in [0.25, 0.3) is 10.6 Å². The summed E-state index contributed by atoms with van der Waals surface area (Å²) in [7, 11) is 0. The fraction of sp³-hybridized carbons (Fsp3) is 0.438. The molecule has 0 bridgehead atoms. The summed E-state index contributed by atoms with van der Waals surface area (Å²) in [5.74, 6) is 0. The second-order valence-electron chi connectivity index (χ2n) is 6.27. The van der Waals surface area contributed by atoms with E-state index in [9.17, 15) is 9.59 Å². The molecule has 2 aromatic heterocycles. The van der Waals surface area contributed by atoms with Crippen molar-refractivity contribution in [3.8, 4) is 10.6 Å². The van der Waals surface area contributed by atoms with Crippen LogP contribution in [-0.2, 0) is 11.2 Å². The molecule has 0 fully saturated rings. The Bertz CT molecular complexity index is 744. The van der Waals surface area contributed by atoms with Crippen LogP contribution in [0.1, 0.15) is 31.9 Å². The van der Waals surface area contributed by atoms with Gasteiger partial charge in [0.05, 0.1) is 4.88 Å². The topological polar surface area (TPSA) is 84.1 Å². The van der Waals surface area contributed by atoms with E-state index >= 15 is 0 Å². The van der Waals surface area contributed by atoms with Crippen LogP contribution in [0, 0.1) is 6.92 Å². The number of nitrogens with one attached hydrogen (secondary N) is 2. The third kappa shape index (κ3) is 5.21. The molecule has 0 aromatic carbocycles. The predicted molar refractivity (Wildman–Crippen MR) is 90.8 cm³/mol. The van der Waals surface area contributed by atoms with Gasteiger partial charge in [-0.1, -0.05) is 0 Å². The number of alkyl carbamates (subject to hydrolysis) is 1. The summed E-state index contributed by atoms with van der Waals surface area (Å²) in [6.07, 6.45) is 0.0337. The molecule has 2 aromatic rings. The molecule has 0 saturated carbocycles. The summed E-state index contributed by atoms with van der Waals surface area (Å²) in [5.41, 5.74) is 1.90. The van der Waals surface area contributed by atoms with Crippen molar-refractivity contribution in [3.05, 3.63) is 39.0 Å². The Balaban J connectivity index is 2.06. The first-order chi connectivity index (χ1) is 10.7. The average molecular weight is 335 g/mol. The molecule has 2 heterocycles. The molecule has 0 unspecified atom stereocenters. The van der Waals surface area contributed by atoms with Crippen LogP contribution < -0.4 is 10.9 Å². The van der Waals surface area contributed by atoms with E-state index in [1.165, 1.54) is 6.07 Å². The summed E-state index contributed by atoms with van der Waals surface area (Å²) < 4.78 is 5.19. The number of carbonyl (C=O) groups excluding carboxylic acids is 1. The quantitative estimate of drug-likeness (QED) is 0.900. The van der Waals surface area contributed by atoms with Crippen LogP contribution in [0.15, 0.2) is 22.3 Å². The molecule has 0 spiro atoms. The lowest BCUT2D eigenvalue weighted by Crippen LogP contribution is -2.33. The number of hydrogen-bond donors (Lipinski definition) is 2. The molecule has 2 rings (SSSR count). The highest BCUT2D eigenvalue weighted by Crippen LogP contribution is 2.27. The van der Waals surface area contributed by atoms with Gasteiger partial charge in [0.15, 0.2) is 0 Å². The van der Waals surface area contributed by atoms with Gasteiger partial charge in [0.2, 0.25) is 0 Å². The second kappa shape index (κ2) is 6.95. The second-order valence-corrected chi connectivity index (χ2v) is 7.18. The maximum Gasteiger partial charge on any atom is 0.407 e. The fourth-order valence-electron chi connectivity index (χ4n) is 2.01. The van der Waals surface area contributed by atoms with Crippen molar-refractivity contribution in [2.75, 3.05) is 6.54 Å². The maximum atomic E-state index is 11.7. The number of ether oxygens (including phenoxy) is 1. The van der Waals surface area contributed by atoms with Gasteiger partial charge in [-0.05, 0) is 56.7 Å². The number of nitrogens with zero attached hydrogens (tertiary/aromatic N) is 1. The molecular weight excluding hydrogens is 314 g/mol. The zero-order valence-electron chi connectivity index (χ0n) is 13.7. The molecule has 2 N–H and O–H groups in total. The van der Waals surface area contributed by atoms with Crippen molar-refractivity contribution in [3.63, 3.8) is 0 Å². The van der Waals surface area contributed by atoms with E-state index in [4.69, 9.17) is 4.74 Å². The largest absolute Gasteiger partial charge is 0.444 e. The number of rotatable bonds is 4. The van der Waals surface area contributed by atoms with E-state index in [1.807, 2.05) is 39.1 Å². The number of amides is 1. The van der Waals surface area contributed by atoms with Gasteiger partial charge in [-0.15, -0.1) is 11.3 Å². The van der Waals surface area contributed by atoms with Crippen LogP contribution in [0.2, 0.25) is 0 Å². The molecule has 1 amide bonds. The standard InChI is InChI=1S/C16H21N3O3S/c1-10-7-12(23-9-10)14-11(8-13(20)18-19-14)5-6-17-15(21)22-16(2,3)4/h7-9H,5-6H2,1-4H3,(H,17,21)(H,18,20). The van der Waals surface area contributed by atoms with E-state index in [0.29, 0.717) is 13.0 Å². The summed E-state index contributed by atoms with van der Waals surface area (Å²) in [5, 5.41) is 11.3. The molecule has 7 heteroatoms. The third-order valence-corrected chi connectivity index (χ3v) is 3.97. The monoisotopic (exact) mass is 335 g/mol. The molecular formula is C16H21N3O3S. The van der Waals surface area contributed by atoms with Gasteiger partial charge < -0.3 is 10.1 Å². The van der Waals surface area contributed by atoms with E-state index in [0.717, 1.165) is 21.7 Å². The van der Waals surface area contributed by atoms with Gasteiger partial charge in [-0.3, -0.25) is 4.79 Å². The maximum absolute atomic E-state index is 11.7. The molecule has 124 valence electrons. The van der Waals surface area contributed by atoms with Gasteiger partial charge in [0.1, 0.15) is 11.3 Å². The fourth-order valence-corrected chi connectivity index (χ4v) is 2.94. The first-order valence-corrected chi connectivity index (χ1v) is 8.23. The summed E-state index contributed by atoms with van der Waals surface area (Å²) >= 11 is 1.57. The molecule has 23 heavy (non-hydrogen) atoms. The lowest BCUT2D eigenvalue weighted by molar-refractivity contribution is 0.0528. The van der Waals surface area contributed by atoms with E-state index < -0.39 is 11.7 Å². The Morgan fingerprint density at radius 2 is 2.13 bits per heavy atom. The van der Waals surface area contributed by atoms with Crippen molar-refractivity contribution in [2.45, 2.75) is 39.7 Å². The van der Waals surface area contributed by atoms with Crippen LogP contribution in [0.4, 0.5) is 4.79 Å². The number of thiophene rings is 1. The van der Waals surface area contributed by atoms with Crippen molar-refractivity contribution in [1.29, 1.82) is 0 Å². The highest BCUT2D eigenvalue weighted by atomic mass is 32.1. The zero-order valence-corrected chi connectivity index (χ0v) is 14.5. The molecule has 0 radical (unpaired) electrons. The van der Waals surface area contributed by atoms with Crippen molar-refractivity contribution >= 4 is 17.4 Å². The minimum atomic E-state index is -0.533. The van der Waals surface area contributed by atoms with E-state index in [1.54, 1.807) is 11.3 Å².